The van der Waals surface area contributed by atoms with E-state index in [1.54, 1.807) is 0 Å². The standard InChI is InChI=1S/C13H20N2O4/c1-3-15-11(16)8-10(12(15)17)14-6-4-9(5-7-14)13(18)19-2/h9-10H,3-8H2,1-2H3/t10-/m1/s1. The second kappa shape index (κ2) is 5.69. The molecule has 2 amide bonds. The van der Waals surface area contributed by atoms with Crippen molar-refractivity contribution in [1.29, 1.82) is 0 Å². The summed E-state index contributed by atoms with van der Waals surface area (Å²) in [5.74, 6) is -0.434. The van der Waals surface area contributed by atoms with Crippen LogP contribution in [0.2, 0.25) is 0 Å². The Morgan fingerprint density at radius 1 is 1.32 bits per heavy atom. The lowest BCUT2D eigenvalue weighted by Gasteiger charge is -2.33. The predicted molar refractivity (Wildman–Crippen MR) is 67.1 cm³/mol. The predicted octanol–water partition coefficient (Wildman–Crippen LogP) is 0.0188. The molecule has 0 bridgehead atoms. The van der Waals surface area contributed by atoms with Crippen LogP contribution in [0.25, 0.3) is 0 Å². The number of carbonyl (C=O) groups excluding carboxylic acids is 3. The molecule has 2 fully saturated rings. The lowest BCUT2D eigenvalue weighted by molar-refractivity contribution is -0.147. The van der Waals surface area contributed by atoms with E-state index in [1.165, 1.54) is 12.0 Å². The van der Waals surface area contributed by atoms with Gasteiger partial charge in [0.1, 0.15) is 0 Å². The Bertz CT molecular complexity index is 388. The molecule has 2 aliphatic rings. The van der Waals surface area contributed by atoms with Gasteiger partial charge in [-0.1, -0.05) is 0 Å². The van der Waals surface area contributed by atoms with E-state index in [0.29, 0.717) is 32.5 Å². The van der Waals surface area contributed by atoms with Crippen LogP contribution in [0, 0.1) is 5.92 Å². The van der Waals surface area contributed by atoms with Crippen molar-refractivity contribution in [2.24, 2.45) is 5.92 Å². The molecule has 0 aromatic heterocycles. The first-order valence-electron chi connectivity index (χ1n) is 6.74. The van der Waals surface area contributed by atoms with Gasteiger partial charge in [0.25, 0.3) is 0 Å². The number of likely N-dealkylation sites (tertiary alicyclic amines) is 2. The molecule has 2 aliphatic heterocycles. The van der Waals surface area contributed by atoms with Gasteiger partial charge in [-0.3, -0.25) is 24.2 Å². The van der Waals surface area contributed by atoms with Crippen LogP contribution in [0.15, 0.2) is 0 Å². The number of hydrogen-bond donors (Lipinski definition) is 0. The summed E-state index contributed by atoms with van der Waals surface area (Å²) in [6.45, 7) is 3.58. The summed E-state index contributed by atoms with van der Waals surface area (Å²) in [5, 5.41) is 0. The lowest BCUT2D eigenvalue weighted by Crippen LogP contribution is -2.46. The van der Waals surface area contributed by atoms with Gasteiger partial charge >= 0.3 is 5.97 Å². The molecule has 19 heavy (non-hydrogen) atoms. The van der Waals surface area contributed by atoms with E-state index in [0.717, 1.165) is 0 Å². The van der Waals surface area contributed by atoms with Crippen molar-refractivity contribution < 1.29 is 19.1 Å². The molecule has 6 heteroatoms. The van der Waals surface area contributed by atoms with E-state index in [9.17, 15) is 14.4 Å². The van der Waals surface area contributed by atoms with Gasteiger partial charge in [0, 0.05) is 6.54 Å². The number of likely N-dealkylation sites (N-methyl/N-ethyl adjacent to an activating group) is 1. The van der Waals surface area contributed by atoms with Crippen molar-refractivity contribution in [3.8, 4) is 0 Å². The zero-order valence-electron chi connectivity index (χ0n) is 11.4. The minimum absolute atomic E-state index is 0.0734. The molecule has 0 spiro atoms. The minimum Gasteiger partial charge on any atom is -0.469 e. The largest absolute Gasteiger partial charge is 0.469 e. The van der Waals surface area contributed by atoms with Gasteiger partial charge < -0.3 is 4.74 Å². The van der Waals surface area contributed by atoms with Crippen LogP contribution < -0.4 is 0 Å². The molecule has 2 saturated heterocycles. The fraction of sp³-hybridized carbons (Fsp3) is 0.769. The first-order valence-corrected chi connectivity index (χ1v) is 6.74. The van der Waals surface area contributed by atoms with Crippen LogP contribution in [-0.2, 0) is 19.1 Å². The number of esters is 1. The fourth-order valence-corrected chi connectivity index (χ4v) is 2.90. The van der Waals surface area contributed by atoms with Crippen molar-refractivity contribution in [3.63, 3.8) is 0 Å². The number of methoxy groups -OCH3 is 1. The van der Waals surface area contributed by atoms with Crippen LogP contribution in [0.3, 0.4) is 0 Å². The maximum absolute atomic E-state index is 12.1. The summed E-state index contributed by atoms with van der Waals surface area (Å²) in [6, 6.07) is -0.328. The summed E-state index contributed by atoms with van der Waals surface area (Å²) in [7, 11) is 1.40. The second-order valence-corrected chi connectivity index (χ2v) is 5.03. The van der Waals surface area contributed by atoms with Gasteiger partial charge in [-0.05, 0) is 32.9 Å². The van der Waals surface area contributed by atoms with E-state index < -0.39 is 0 Å². The lowest BCUT2D eigenvalue weighted by atomic mass is 9.95. The number of piperidine rings is 1. The molecule has 0 unspecified atom stereocenters. The molecule has 1 atom stereocenters. The molecule has 106 valence electrons. The first kappa shape index (κ1) is 14.0. The zero-order chi connectivity index (χ0) is 14.0. The van der Waals surface area contributed by atoms with Crippen LogP contribution in [-0.4, -0.2) is 60.4 Å². The Morgan fingerprint density at radius 2 is 1.95 bits per heavy atom. The highest BCUT2D eigenvalue weighted by molar-refractivity contribution is 6.05. The Kier molecular flexibility index (Phi) is 4.19. The van der Waals surface area contributed by atoms with E-state index in [1.807, 2.05) is 11.8 Å². The van der Waals surface area contributed by atoms with E-state index >= 15 is 0 Å². The second-order valence-electron chi connectivity index (χ2n) is 5.03. The topological polar surface area (TPSA) is 66.9 Å². The molecule has 0 aliphatic carbocycles. The van der Waals surface area contributed by atoms with Crippen LogP contribution in [0.4, 0.5) is 0 Å². The maximum Gasteiger partial charge on any atom is 0.308 e. The molecule has 0 N–H and O–H groups in total. The molecular weight excluding hydrogens is 248 g/mol. The minimum atomic E-state index is -0.328. The van der Waals surface area contributed by atoms with Gasteiger partial charge in [-0.15, -0.1) is 0 Å². The summed E-state index contributed by atoms with van der Waals surface area (Å²) >= 11 is 0. The number of nitrogens with zero attached hydrogens (tertiary/aromatic N) is 2. The number of amides is 2. The molecule has 2 rings (SSSR count). The van der Waals surface area contributed by atoms with Crippen molar-refractivity contribution in [2.75, 3.05) is 26.7 Å². The Labute approximate surface area is 112 Å². The normalized spacial score (nSPS) is 26.0. The fourth-order valence-electron chi connectivity index (χ4n) is 2.90. The monoisotopic (exact) mass is 268 g/mol. The van der Waals surface area contributed by atoms with Gasteiger partial charge in [0.2, 0.25) is 11.8 Å². The Morgan fingerprint density at radius 3 is 2.42 bits per heavy atom. The molecule has 0 aromatic rings. The van der Waals surface area contributed by atoms with Crippen molar-refractivity contribution in [3.05, 3.63) is 0 Å². The van der Waals surface area contributed by atoms with Crippen LogP contribution in [0.5, 0.6) is 0 Å². The molecule has 2 heterocycles. The average molecular weight is 268 g/mol. The number of rotatable bonds is 3. The summed E-state index contributed by atoms with van der Waals surface area (Å²) in [4.78, 5) is 38.6. The van der Waals surface area contributed by atoms with E-state index in [4.69, 9.17) is 4.74 Å². The third-order valence-corrected chi connectivity index (χ3v) is 4.04. The number of hydrogen-bond acceptors (Lipinski definition) is 5. The number of carbonyl (C=O) groups is 3. The Hall–Kier alpha value is -1.43. The molecule has 6 nitrogen and oxygen atoms in total. The average Bonchev–Trinajstić information content (AvgIpc) is 2.72. The summed E-state index contributed by atoms with van der Waals surface area (Å²) < 4.78 is 4.74. The quantitative estimate of drug-likeness (QED) is 0.533. The third-order valence-electron chi connectivity index (χ3n) is 4.04. The zero-order valence-corrected chi connectivity index (χ0v) is 11.4. The maximum atomic E-state index is 12.1. The SMILES string of the molecule is CCN1C(=O)C[C@@H](N2CCC(C(=O)OC)CC2)C1=O. The molecule has 0 radical (unpaired) electrons. The van der Waals surface area contributed by atoms with Crippen molar-refractivity contribution >= 4 is 17.8 Å². The third kappa shape index (κ3) is 2.63. The van der Waals surface area contributed by atoms with E-state index in [2.05, 4.69) is 0 Å². The van der Waals surface area contributed by atoms with Gasteiger partial charge in [0.05, 0.1) is 25.5 Å². The van der Waals surface area contributed by atoms with Gasteiger partial charge in [0.15, 0.2) is 0 Å². The molecule has 0 saturated carbocycles. The van der Waals surface area contributed by atoms with Crippen LogP contribution in [0.1, 0.15) is 26.2 Å². The summed E-state index contributed by atoms with van der Waals surface area (Å²) in [6.07, 6.45) is 1.66. The highest BCUT2D eigenvalue weighted by Gasteiger charge is 2.42. The van der Waals surface area contributed by atoms with Gasteiger partial charge in [-0.25, -0.2) is 0 Å². The van der Waals surface area contributed by atoms with Crippen molar-refractivity contribution in [1.82, 2.24) is 9.80 Å². The first-order chi connectivity index (χ1) is 9.08. The molecule has 0 aromatic carbocycles. The summed E-state index contributed by atoms with van der Waals surface area (Å²) in [5.41, 5.74) is 0. The Balaban J connectivity index is 1.94. The van der Waals surface area contributed by atoms with Gasteiger partial charge in [-0.2, -0.15) is 0 Å². The highest BCUT2D eigenvalue weighted by atomic mass is 16.5. The smallest absolute Gasteiger partial charge is 0.308 e. The van der Waals surface area contributed by atoms with E-state index in [-0.39, 0.29) is 36.2 Å². The number of ether oxygens (including phenoxy) is 1. The van der Waals surface area contributed by atoms with Crippen molar-refractivity contribution in [2.45, 2.75) is 32.2 Å². The highest BCUT2D eigenvalue weighted by Crippen LogP contribution is 2.25. The molecular formula is C13H20N2O4. The number of imide groups is 1. The van der Waals surface area contributed by atoms with Crippen LogP contribution >= 0.6 is 0 Å².